The number of amidine groups is 1. The first-order valence-corrected chi connectivity index (χ1v) is 14.6. The highest BCUT2D eigenvalue weighted by Crippen LogP contribution is 2.40. The minimum Gasteiger partial charge on any atom is -0.395 e. The number of aliphatic imine (C=N–C) groups is 2. The Kier molecular flexibility index (Phi) is 11.5. The van der Waals surface area contributed by atoms with Gasteiger partial charge < -0.3 is 20.6 Å². The fourth-order valence-corrected chi connectivity index (χ4v) is 5.31. The molecule has 2 aromatic rings. The van der Waals surface area contributed by atoms with Crippen molar-refractivity contribution in [2.75, 3.05) is 45.9 Å². The van der Waals surface area contributed by atoms with Crippen LogP contribution in [0.5, 0.6) is 0 Å². The van der Waals surface area contributed by atoms with E-state index in [0.717, 1.165) is 17.5 Å². The van der Waals surface area contributed by atoms with Crippen LogP contribution in [0.4, 0.5) is 4.39 Å². The molecule has 1 heterocycles. The summed E-state index contributed by atoms with van der Waals surface area (Å²) in [5.74, 6) is 0.242. The van der Waals surface area contributed by atoms with Crippen LogP contribution in [0, 0.1) is 5.82 Å². The highest BCUT2D eigenvalue weighted by Gasteiger charge is 2.37. The molecule has 2 amide bonds. The normalized spacial score (nSPS) is 20.0. The molecule has 3 atom stereocenters. The van der Waals surface area contributed by atoms with E-state index < -0.39 is 6.04 Å². The highest BCUT2D eigenvalue weighted by molar-refractivity contribution is 6.04. The second kappa shape index (κ2) is 15.5. The zero-order valence-corrected chi connectivity index (χ0v) is 24.2. The van der Waals surface area contributed by atoms with Crippen LogP contribution in [0.1, 0.15) is 53.6 Å². The number of halogens is 1. The van der Waals surface area contributed by atoms with Gasteiger partial charge in [0.2, 0.25) is 5.91 Å². The molecule has 1 aliphatic heterocycles. The smallest absolute Gasteiger partial charge is 0.251 e. The van der Waals surface area contributed by atoms with Crippen LogP contribution in [0.3, 0.4) is 0 Å². The lowest BCUT2D eigenvalue weighted by atomic mass is 10.1. The summed E-state index contributed by atoms with van der Waals surface area (Å²) in [5, 5.41) is 15.8. The molecule has 2 fully saturated rings. The summed E-state index contributed by atoms with van der Waals surface area (Å²) in [7, 11) is 0. The third-order valence-corrected chi connectivity index (χ3v) is 7.74. The van der Waals surface area contributed by atoms with Crippen LogP contribution >= 0.6 is 0 Å². The molecule has 0 aromatic heterocycles. The lowest BCUT2D eigenvalue weighted by Gasteiger charge is -2.36. The van der Waals surface area contributed by atoms with E-state index in [1.807, 2.05) is 17.0 Å². The average molecular weight is 577 g/mol. The van der Waals surface area contributed by atoms with E-state index in [1.54, 1.807) is 37.4 Å². The Bertz CT molecular complexity index is 1260. The quantitative estimate of drug-likeness (QED) is 0.193. The number of β-amino-alcohol motifs (C(OH)–C–C–N with tert-alkyl or cyclic N) is 1. The molecule has 1 saturated heterocycles. The Morgan fingerprint density at radius 3 is 2.43 bits per heavy atom. The second-order valence-electron chi connectivity index (χ2n) is 10.6. The summed E-state index contributed by atoms with van der Waals surface area (Å²) in [4.78, 5) is 39.2. The second-order valence-corrected chi connectivity index (χ2v) is 10.6. The first-order chi connectivity index (χ1) is 20.4. The number of benzene rings is 2. The van der Waals surface area contributed by atoms with Gasteiger partial charge in [0.15, 0.2) is 5.84 Å². The molecule has 0 unspecified atom stereocenters. The van der Waals surface area contributed by atoms with Crippen molar-refractivity contribution in [3.63, 3.8) is 0 Å². The molecule has 224 valence electrons. The predicted molar refractivity (Wildman–Crippen MR) is 163 cm³/mol. The van der Waals surface area contributed by atoms with Crippen LogP contribution in [0.15, 0.2) is 71.3 Å². The van der Waals surface area contributed by atoms with E-state index in [-0.39, 0.29) is 24.2 Å². The van der Waals surface area contributed by atoms with Gasteiger partial charge in [0.25, 0.3) is 5.91 Å². The minimum absolute atomic E-state index is 0.0862. The zero-order valence-electron chi connectivity index (χ0n) is 24.2. The van der Waals surface area contributed by atoms with Gasteiger partial charge >= 0.3 is 0 Å². The van der Waals surface area contributed by atoms with Gasteiger partial charge in [0.05, 0.1) is 6.61 Å². The van der Waals surface area contributed by atoms with Crippen molar-refractivity contribution in [1.82, 2.24) is 20.4 Å². The lowest BCUT2D eigenvalue weighted by Crippen LogP contribution is -2.55. The van der Waals surface area contributed by atoms with E-state index in [4.69, 9.17) is 0 Å². The molecule has 0 bridgehead atoms. The number of nitrogens with zero attached hydrogens (tertiary/aromatic N) is 4. The highest BCUT2D eigenvalue weighted by atomic mass is 19.1. The summed E-state index contributed by atoms with van der Waals surface area (Å²) >= 11 is 0. The molecule has 0 radical (unpaired) electrons. The number of carbonyl (C=O) groups excluding carboxylic acids is 2. The van der Waals surface area contributed by atoms with E-state index in [2.05, 4.69) is 32.1 Å². The number of hydrogen-bond donors (Lipinski definition) is 3. The lowest BCUT2D eigenvalue weighted by molar-refractivity contribution is -0.135. The minimum atomic E-state index is -0.655. The van der Waals surface area contributed by atoms with Crippen LogP contribution < -0.4 is 10.6 Å². The van der Waals surface area contributed by atoms with E-state index in [9.17, 15) is 19.1 Å². The molecule has 0 spiro atoms. The standard InChI is InChI=1S/C32H41FN6O3/c1-3-34-30(35-4-2)24-7-9-25(10-8-24)31(41)37-28(32(42)39-18-16-38(17-19-39)20-21-40)6-5-15-36-29-22-27(29)23-11-13-26(33)14-12-23/h3-4,7-14,27-29,36,40H,1,5-6,15-22H2,2H3,(H,37,41)/t27-,28-,29+/m0/s1. The number of rotatable bonds is 13. The Morgan fingerprint density at radius 2 is 1.79 bits per heavy atom. The molecule has 4 rings (SSSR count). The van der Waals surface area contributed by atoms with Crippen molar-refractivity contribution < 1.29 is 19.1 Å². The molecular weight excluding hydrogens is 535 g/mol. The molecule has 2 aromatic carbocycles. The number of carbonyl (C=O) groups is 2. The van der Waals surface area contributed by atoms with Gasteiger partial charge in [-0.15, -0.1) is 0 Å². The fourth-order valence-electron chi connectivity index (χ4n) is 5.31. The molecule has 1 aliphatic carbocycles. The maximum absolute atomic E-state index is 13.6. The maximum atomic E-state index is 13.6. The van der Waals surface area contributed by atoms with Gasteiger partial charge in [0, 0.05) is 68.2 Å². The fraction of sp³-hybridized carbons (Fsp3) is 0.438. The zero-order chi connectivity index (χ0) is 29.9. The SMILES string of the molecule is C=CN=C(N=CC)c1ccc(C(=O)N[C@@H](CCCN[C@@H]2C[C@H]2c2ccc(F)cc2)C(=O)N2CCN(CCO)CC2)cc1. The van der Waals surface area contributed by atoms with Gasteiger partial charge in [-0.3, -0.25) is 14.5 Å². The molecule has 9 nitrogen and oxygen atoms in total. The van der Waals surface area contributed by atoms with Gasteiger partial charge in [-0.1, -0.05) is 30.8 Å². The summed E-state index contributed by atoms with van der Waals surface area (Å²) in [6.07, 6.45) is 5.28. The van der Waals surface area contributed by atoms with Crippen molar-refractivity contribution in [2.45, 2.75) is 44.2 Å². The predicted octanol–water partition coefficient (Wildman–Crippen LogP) is 2.97. The van der Waals surface area contributed by atoms with Crippen molar-refractivity contribution in [3.8, 4) is 0 Å². The van der Waals surface area contributed by atoms with Gasteiger partial charge in [-0.25, -0.2) is 14.4 Å². The van der Waals surface area contributed by atoms with Crippen molar-refractivity contribution in [3.05, 3.63) is 83.8 Å². The summed E-state index contributed by atoms with van der Waals surface area (Å²) < 4.78 is 13.2. The Morgan fingerprint density at radius 1 is 1.10 bits per heavy atom. The molecule has 2 aliphatic rings. The first kappa shape index (κ1) is 31.2. The van der Waals surface area contributed by atoms with E-state index >= 15 is 0 Å². The largest absolute Gasteiger partial charge is 0.395 e. The van der Waals surface area contributed by atoms with Crippen LogP contribution in [0.25, 0.3) is 0 Å². The van der Waals surface area contributed by atoms with Crippen LogP contribution in [-0.2, 0) is 4.79 Å². The molecule has 42 heavy (non-hydrogen) atoms. The monoisotopic (exact) mass is 576 g/mol. The number of nitrogens with one attached hydrogen (secondary N) is 2. The number of aliphatic hydroxyl groups is 1. The molecule has 1 saturated carbocycles. The van der Waals surface area contributed by atoms with E-state index in [1.165, 1.54) is 18.3 Å². The number of hydrogen-bond acceptors (Lipinski definition) is 6. The third-order valence-electron chi connectivity index (χ3n) is 7.74. The third kappa shape index (κ3) is 8.64. The molecule has 3 N–H and O–H groups in total. The van der Waals surface area contributed by atoms with Crippen LogP contribution in [-0.4, -0.2) is 96.7 Å². The number of aliphatic hydroxyl groups excluding tert-OH is 1. The van der Waals surface area contributed by atoms with Gasteiger partial charge in [-0.2, -0.15) is 0 Å². The molecular formula is C32H41FN6O3. The Labute approximate surface area is 247 Å². The topological polar surface area (TPSA) is 110 Å². The van der Waals surface area contributed by atoms with Crippen LogP contribution in [0.2, 0.25) is 0 Å². The van der Waals surface area contributed by atoms with E-state index in [0.29, 0.717) is 75.5 Å². The number of piperazine rings is 1. The first-order valence-electron chi connectivity index (χ1n) is 14.6. The van der Waals surface area contributed by atoms with Gasteiger partial charge in [-0.05, 0) is 62.6 Å². The van der Waals surface area contributed by atoms with Crippen molar-refractivity contribution in [2.24, 2.45) is 9.98 Å². The van der Waals surface area contributed by atoms with Gasteiger partial charge in [0.1, 0.15) is 11.9 Å². The summed E-state index contributed by atoms with van der Waals surface area (Å²) in [5.41, 5.74) is 2.33. The summed E-state index contributed by atoms with van der Waals surface area (Å²) in [6, 6.07) is 13.3. The van der Waals surface area contributed by atoms with Crippen molar-refractivity contribution >= 4 is 23.9 Å². The molecule has 10 heteroatoms. The summed E-state index contributed by atoms with van der Waals surface area (Å²) in [6.45, 7) is 9.32. The van der Waals surface area contributed by atoms with Crippen molar-refractivity contribution in [1.29, 1.82) is 0 Å². The average Bonchev–Trinajstić information content (AvgIpc) is 3.78. The maximum Gasteiger partial charge on any atom is 0.251 e. The Balaban J connectivity index is 1.36. The number of amides is 2. The Hall–Kier alpha value is -3.73.